The van der Waals surface area contributed by atoms with Crippen LogP contribution in [0.4, 0.5) is 0 Å². The number of rotatable bonds is 3. The first kappa shape index (κ1) is 10.7. The van der Waals surface area contributed by atoms with Gasteiger partial charge in [-0.25, -0.2) is 0 Å². The molecule has 0 spiro atoms. The van der Waals surface area contributed by atoms with Gasteiger partial charge >= 0.3 is 0 Å². The fraction of sp³-hybridized carbons (Fsp3) is 0.750. The molecule has 0 radical (unpaired) electrons. The molecular weight excluding hydrogens is 188 g/mol. The predicted octanol–water partition coefficient (Wildman–Crippen LogP) is 1.16. The molecule has 0 aromatic carbocycles. The van der Waals surface area contributed by atoms with Gasteiger partial charge in [-0.2, -0.15) is 0 Å². The smallest absolute Gasteiger partial charge is 0.223 e. The Kier molecular flexibility index (Phi) is 3.41. The van der Waals surface area contributed by atoms with Gasteiger partial charge in [-0.15, -0.1) is 6.58 Å². The normalized spacial score (nSPS) is 30.0. The second-order valence-electron chi connectivity index (χ2n) is 4.54. The lowest BCUT2D eigenvalue weighted by Gasteiger charge is -2.37. The lowest BCUT2D eigenvalue weighted by molar-refractivity contribution is -0.135. The summed E-state index contributed by atoms with van der Waals surface area (Å²) in [6.45, 7) is 6.70. The molecule has 2 aliphatic rings. The summed E-state index contributed by atoms with van der Waals surface area (Å²) in [6, 6.07) is 0.469. The third kappa shape index (κ3) is 2.23. The van der Waals surface area contributed by atoms with Crippen LogP contribution in [-0.2, 0) is 4.79 Å². The highest BCUT2D eigenvalue weighted by Crippen LogP contribution is 2.26. The quantitative estimate of drug-likeness (QED) is 0.706. The van der Waals surface area contributed by atoms with Crippen LogP contribution in [0.3, 0.4) is 0 Å². The zero-order chi connectivity index (χ0) is 10.7. The summed E-state index contributed by atoms with van der Waals surface area (Å²) < 4.78 is 0. The van der Waals surface area contributed by atoms with Crippen LogP contribution in [0, 0.1) is 5.92 Å². The van der Waals surface area contributed by atoms with E-state index in [9.17, 15) is 4.79 Å². The van der Waals surface area contributed by atoms with Crippen molar-refractivity contribution >= 4 is 5.91 Å². The summed E-state index contributed by atoms with van der Waals surface area (Å²) in [7, 11) is 0. The summed E-state index contributed by atoms with van der Waals surface area (Å²) in [5, 5.41) is 3.39. The second-order valence-corrected chi connectivity index (χ2v) is 4.54. The average molecular weight is 208 g/mol. The molecule has 0 saturated carbocycles. The van der Waals surface area contributed by atoms with E-state index >= 15 is 0 Å². The molecule has 1 N–H and O–H groups in total. The molecule has 2 unspecified atom stereocenters. The number of allylic oxidation sites excluding steroid dienone is 1. The van der Waals surface area contributed by atoms with Crippen molar-refractivity contribution in [1.29, 1.82) is 0 Å². The van der Waals surface area contributed by atoms with E-state index in [2.05, 4.69) is 16.8 Å². The average Bonchev–Trinajstić information content (AvgIpc) is 2.73. The topological polar surface area (TPSA) is 32.3 Å². The van der Waals surface area contributed by atoms with Gasteiger partial charge < -0.3 is 10.2 Å². The third-order valence-electron chi connectivity index (χ3n) is 3.56. The summed E-state index contributed by atoms with van der Waals surface area (Å²) in [4.78, 5) is 14.0. The zero-order valence-corrected chi connectivity index (χ0v) is 9.24. The lowest BCUT2D eigenvalue weighted by Crippen LogP contribution is -2.48. The first-order chi connectivity index (χ1) is 7.33. The lowest BCUT2D eigenvalue weighted by atomic mass is 9.92. The summed E-state index contributed by atoms with van der Waals surface area (Å²) >= 11 is 0. The molecule has 2 rings (SSSR count). The van der Waals surface area contributed by atoms with Gasteiger partial charge in [-0.05, 0) is 25.2 Å². The first-order valence-electron chi connectivity index (χ1n) is 5.94. The molecule has 2 aliphatic heterocycles. The third-order valence-corrected chi connectivity index (χ3v) is 3.56. The van der Waals surface area contributed by atoms with Crippen molar-refractivity contribution in [2.75, 3.05) is 19.6 Å². The van der Waals surface area contributed by atoms with Crippen LogP contribution in [0.2, 0.25) is 0 Å². The van der Waals surface area contributed by atoms with Crippen LogP contribution in [-0.4, -0.2) is 36.5 Å². The summed E-state index contributed by atoms with van der Waals surface area (Å²) in [6.07, 6.45) is 5.71. The predicted molar refractivity (Wildman–Crippen MR) is 60.5 cm³/mol. The molecule has 2 heterocycles. The first-order valence-corrected chi connectivity index (χ1v) is 5.94. The minimum Gasteiger partial charge on any atom is -0.338 e. The van der Waals surface area contributed by atoms with Crippen molar-refractivity contribution in [1.82, 2.24) is 10.2 Å². The number of amides is 1. The highest BCUT2D eigenvalue weighted by Gasteiger charge is 2.36. The van der Waals surface area contributed by atoms with Crippen LogP contribution in [0.15, 0.2) is 12.7 Å². The second kappa shape index (κ2) is 4.79. The van der Waals surface area contributed by atoms with Crippen molar-refractivity contribution in [2.24, 2.45) is 5.92 Å². The number of likely N-dealkylation sites (tertiary alicyclic amines) is 1. The minimum absolute atomic E-state index is 0.313. The van der Waals surface area contributed by atoms with E-state index in [-0.39, 0.29) is 0 Å². The molecule has 0 aliphatic carbocycles. The van der Waals surface area contributed by atoms with Crippen molar-refractivity contribution in [2.45, 2.75) is 31.7 Å². The molecular formula is C12H20N2O. The van der Waals surface area contributed by atoms with Crippen molar-refractivity contribution in [3.05, 3.63) is 12.7 Å². The number of piperidine rings is 1. The van der Waals surface area contributed by atoms with Crippen LogP contribution in [0.25, 0.3) is 0 Å². The fourth-order valence-corrected chi connectivity index (χ4v) is 2.75. The van der Waals surface area contributed by atoms with E-state index in [0.29, 0.717) is 24.3 Å². The van der Waals surface area contributed by atoms with Crippen LogP contribution < -0.4 is 5.32 Å². The van der Waals surface area contributed by atoms with Gasteiger partial charge in [-0.3, -0.25) is 4.79 Å². The molecule has 2 fully saturated rings. The van der Waals surface area contributed by atoms with Gasteiger partial charge in [-0.1, -0.05) is 6.08 Å². The molecule has 15 heavy (non-hydrogen) atoms. The van der Waals surface area contributed by atoms with Gasteiger partial charge in [0.2, 0.25) is 5.91 Å². The van der Waals surface area contributed by atoms with Crippen molar-refractivity contribution < 1.29 is 4.79 Å². The number of nitrogens with one attached hydrogen (secondary N) is 1. The summed E-state index contributed by atoms with van der Waals surface area (Å²) in [5.41, 5.74) is 0. The summed E-state index contributed by atoms with van der Waals surface area (Å²) in [5.74, 6) is 1.01. The number of carbonyl (C=O) groups excluding carboxylic acids is 1. The van der Waals surface area contributed by atoms with Crippen LogP contribution in [0.1, 0.15) is 25.7 Å². The molecule has 3 nitrogen and oxygen atoms in total. The van der Waals surface area contributed by atoms with Crippen molar-refractivity contribution in [3.8, 4) is 0 Å². The largest absolute Gasteiger partial charge is 0.338 e. The molecule has 84 valence electrons. The molecule has 0 bridgehead atoms. The van der Waals surface area contributed by atoms with Gasteiger partial charge in [0.15, 0.2) is 0 Å². The van der Waals surface area contributed by atoms with E-state index in [1.807, 2.05) is 6.08 Å². The van der Waals surface area contributed by atoms with E-state index in [4.69, 9.17) is 0 Å². The molecule has 2 saturated heterocycles. The Hall–Kier alpha value is -0.830. The van der Waals surface area contributed by atoms with Gasteiger partial charge in [0.25, 0.3) is 0 Å². The van der Waals surface area contributed by atoms with Crippen LogP contribution in [0.5, 0.6) is 0 Å². The Morgan fingerprint density at radius 2 is 2.40 bits per heavy atom. The Morgan fingerprint density at radius 1 is 1.53 bits per heavy atom. The number of hydrogen-bond donors (Lipinski definition) is 1. The highest BCUT2D eigenvalue weighted by atomic mass is 16.2. The standard InChI is InChI=1S/C12H20N2O/c1-2-3-6-12(15)14-7-4-5-10-8-13-9-11(10)14/h2,10-11,13H,1,3-9H2. The van der Waals surface area contributed by atoms with E-state index in [1.165, 1.54) is 12.8 Å². The van der Waals surface area contributed by atoms with Gasteiger partial charge in [0.1, 0.15) is 0 Å². The van der Waals surface area contributed by atoms with E-state index in [0.717, 1.165) is 26.1 Å². The van der Waals surface area contributed by atoms with Crippen molar-refractivity contribution in [3.63, 3.8) is 0 Å². The minimum atomic E-state index is 0.313. The van der Waals surface area contributed by atoms with Gasteiger partial charge in [0.05, 0.1) is 0 Å². The number of fused-ring (bicyclic) bond motifs is 1. The van der Waals surface area contributed by atoms with Gasteiger partial charge in [0, 0.05) is 32.1 Å². The number of nitrogens with zero attached hydrogens (tertiary/aromatic N) is 1. The van der Waals surface area contributed by atoms with Crippen LogP contribution >= 0.6 is 0 Å². The Labute approximate surface area is 91.5 Å². The number of carbonyl (C=O) groups is 1. The van der Waals surface area contributed by atoms with E-state index in [1.54, 1.807) is 0 Å². The Balaban J connectivity index is 1.94. The highest BCUT2D eigenvalue weighted by molar-refractivity contribution is 5.76. The monoisotopic (exact) mass is 208 g/mol. The zero-order valence-electron chi connectivity index (χ0n) is 9.24. The fourth-order valence-electron chi connectivity index (χ4n) is 2.75. The molecule has 3 heteroatoms. The molecule has 2 atom stereocenters. The molecule has 1 amide bonds. The maximum absolute atomic E-state index is 12.0. The maximum Gasteiger partial charge on any atom is 0.223 e. The maximum atomic E-state index is 12.0. The molecule has 0 aromatic heterocycles. The Morgan fingerprint density at radius 3 is 3.20 bits per heavy atom. The van der Waals surface area contributed by atoms with E-state index < -0.39 is 0 Å². The molecule has 0 aromatic rings. The SMILES string of the molecule is C=CCCC(=O)N1CCCC2CNCC21. The Bertz CT molecular complexity index is 252. The number of hydrogen-bond acceptors (Lipinski definition) is 2.